The molecule has 0 aromatic rings. The molecule has 1 saturated heterocycles. The van der Waals surface area contributed by atoms with Gasteiger partial charge in [0.1, 0.15) is 6.67 Å². The van der Waals surface area contributed by atoms with Crippen LogP contribution in [0.2, 0.25) is 0 Å². The Bertz CT molecular complexity index is 124. The molecule has 0 radical (unpaired) electrons. The van der Waals surface area contributed by atoms with E-state index < -0.39 is 12.8 Å². The minimum absolute atomic E-state index is 0.503. The van der Waals surface area contributed by atoms with Gasteiger partial charge in [-0.15, -0.1) is 0 Å². The maximum Gasteiger partial charge on any atom is 0.117 e. The minimum atomic E-state index is -0.779. The highest BCUT2D eigenvalue weighted by molar-refractivity contribution is 4.71. The Morgan fingerprint density at radius 1 is 1.50 bits per heavy atom. The van der Waals surface area contributed by atoms with E-state index in [1.807, 2.05) is 0 Å². The molecule has 1 N–H and O–H groups in total. The van der Waals surface area contributed by atoms with Crippen molar-refractivity contribution in [2.24, 2.45) is 5.92 Å². The summed E-state index contributed by atoms with van der Waals surface area (Å²) in [6.45, 7) is 4.15. The highest BCUT2D eigenvalue weighted by Gasteiger charge is 2.17. The van der Waals surface area contributed by atoms with E-state index in [2.05, 4.69) is 11.8 Å². The van der Waals surface area contributed by atoms with Gasteiger partial charge in [0, 0.05) is 6.54 Å². The molecule has 0 amide bonds. The van der Waals surface area contributed by atoms with E-state index in [0.717, 1.165) is 19.0 Å². The lowest BCUT2D eigenvalue weighted by molar-refractivity contribution is 0.0738. The van der Waals surface area contributed by atoms with Gasteiger partial charge in [-0.3, -0.25) is 0 Å². The molecule has 0 aromatic heterocycles. The Labute approximate surface area is 73.4 Å². The lowest BCUT2D eigenvalue weighted by Gasteiger charge is -2.30. The SMILES string of the molecule is CC1CCN(CC(O)CF)CC1. The molecule has 1 atom stereocenters. The molecule has 1 aliphatic heterocycles. The summed E-state index contributed by atoms with van der Waals surface area (Å²) in [6.07, 6.45) is 1.58. The second kappa shape index (κ2) is 4.77. The molecule has 2 nitrogen and oxygen atoms in total. The third-order valence-corrected chi connectivity index (χ3v) is 2.52. The molecule has 12 heavy (non-hydrogen) atoms. The molecule has 0 spiro atoms. The van der Waals surface area contributed by atoms with Gasteiger partial charge >= 0.3 is 0 Å². The smallest absolute Gasteiger partial charge is 0.117 e. The van der Waals surface area contributed by atoms with E-state index in [9.17, 15) is 4.39 Å². The quantitative estimate of drug-likeness (QED) is 0.693. The number of aliphatic hydroxyl groups excluding tert-OH is 1. The van der Waals surface area contributed by atoms with Crippen molar-refractivity contribution in [1.29, 1.82) is 0 Å². The van der Waals surface area contributed by atoms with Crippen molar-refractivity contribution >= 4 is 0 Å². The number of β-amino-alcohol motifs (C(OH)–C–C–N with tert-alkyl or cyclic N) is 1. The molecular weight excluding hydrogens is 157 g/mol. The van der Waals surface area contributed by atoms with Crippen LogP contribution in [0.3, 0.4) is 0 Å². The van der Waals surface area contributed by atoms with Crippen LogP contribution in [0.1, 0.15) is 19.8 Å². The van der Waals surface area contributed by atoms with Gasteiger partial charge in [0.2, 0.25) is 0 Å². The van der Waals surface area contributed by atoms with Gasteiger partial charge in [0.05, 0.1) is 6.10 Å². The predicted octanol–water partition coefficient (Wildman–Crippen LogP) is 1.05. The van der Waals surface area contributed by atoms with Crippen molar-refractivity contribution in [3.05, 3.63) is 0 Å². The number of hydrogen-bond acceptors (Lipinski definition) is 2. The molecule has 1 aliphatic rings. The van der Waals surface area contributed by atoms with Crippen molar-refractivity contribution in [3.63, 3.8) is 0 Å². The van der Waals surface area contributed by atoms with Crippen molar-refractivity contribution in [2.45, 2.75) is 25.9 Å². The Morgan fingerprint density at radius 3 is 2.58 bits per heavy atom. The normalized spacial score (nSPS) is 24.2. The van der Waals surface area contributed by atoms with Crippen molar-refractivity contribution in [1.82, 2.24) is 4.90 Å². The lowest BCUT2D eigenvalue weighted by Crippen LogP contribution is -2.39. The fraction of sp³-hybridized carbons (Fsp3) is 1.00. The molecule has 0 saturated carbocycles. The van der Waals surface area contributed by atoms with Crippen LogP contribution in [-0.4, -0.2) is 42.4 Å². The topological polar surface area (TPSA) is 23.5 Å². The highest BCUT2D eigenvalue weighted by Crippen LogP contribution is 2.15. The molecular formula is C9H18FNO. The molecule has 1 fully saturated rings. The zero-order chi connectivity index (χ0) is 8.97. The number of rotatable bonds is 3. The monoisotopic (exact) mass is 175 g/mol. The van der Waals surface area contributed by atoms with Crippen molar-refractivity contribution in [3.8, 4) is 0 Å². The third-order valence-electron chi connectivity index (χ3n) is 2.52. The van der Waals surface area contributed by atoms with Gasteiger partial charge in [-0.1, -0.05) is 6.92 Å². The summed E-state index contributed by atoms with van der Waals surface area (Å²) in [5.74, 6) is 0.795. The summed E-state index contributed by atoms with van der Waals surface area (Å²) in [4.78, 5) is 2.14. The van der Waals surface area contributed by atoms with Crippen LogP contribution in [0.15, 0.2) is 0 Å². The number of likely N-dealkylation sites (tertiary alicyclic amines) is 1. The minimum Gasteiger partial charge on any atom is -0.389 e. The molecule has 0 aliphatic carbocycles. The van der Waals surface area contributed by atoms with E-state index in [4.69, 9.17) is 5.11 Å². The summed E-state index contributed by atoms with van der Waals surface area (Å²) in [7, 11) is 0. The van der Waals surface area contributed by atoms with Gasteiger partial charge in [0.25, 0.3) is 0 Å². The Morgan fingerprint density at radius 2 is 2.08 bits per heavy atom. The second-order valence-corrected chi connectivity index (χ2v) is 3.79. The van der Waals surface area contributed by atoms with Crippen LogP contribution >= 0.6 is 0 Å². The number of aliphatic hydroxyl groups is 1. The van der Waals surface area contributed by atoms with Gasteiger partial charge in [-0.25, -0.2) is 4.39 Å². The lowest BCUT2D eigenvalue weighted by atomic mass is 9.99. The average Bonchev–Trinajstić information content (AvgIpc) is 2.09. The average molecular weight is 175 g/mol. The predicted molar refractivity (Wildman–Crippen MR) is 46.8 cm³/mol. The van der Waals surface area contributed by atoms with Gasteiger partial charge in [0.15, 0.2) is 0 Å². The Kier molecular flexibility index (Phi) is 3.95. The summed E-state index contributed by atoms with van der Waals surface area (Å²) in [6, 6.07) is 0. The van der Waals surface area contributed by atoms with Gasteiger partial charge in [-0.2, -0.15) is 0 Å². The standard InChI is InChI=1S/C9H18FNO/c1-8-2-4-11(5-3-8)7-9(12)6-10/h8-9,12H,2-7H2,1H3. The van der Waals surface area contributed by atoms with Crippen molar-refractivity contribution < 1.29 is 9.50 Å². The number of hydrogen-bond donors (Lipinski definition) is 1. The largest absolute Gasteiger partial charge is 0.389 e. The van der Waals surface area contributed by atoms with Gasteiger partial charge < -0.3 is 10.0 Å². The first-order valence-corrected chi connectivity index (χ1v) is 4.68. The van der Waals surface area contributed by atoms with Crippen LogP contribution in [0, 0.1) is 5.92 Å². The first kappa shape index (κ1) is 9.93. The maximum absolute atomic E-state index is 11.9. The summed E-state index contributed by atoms with van der Waals surface area (Å²) >= 11 is 0. The Hall–Kier alpha value is -0.150. The number of piperidine rings is 1. The molecule has 0 aromatic carbocycles. The first-order valence-electron chi connectivity index (χ1n) is 4.68. The molecule has 72 valence electrons. The van der Waals surface area contributed by atoms with Crippen LogP contribution in [0.5, 0.6) is 0 Å². The summed E-state index contributed by atoms with van der Waals surface area (Å²) in [5, 5.41) is 9.06. The van der Waals surface area contributed by atoms with E-state index >= 15 is 0 Å². The van der Waals surface area contributed by atoms with E-state index in [-0.39, 0.29) is 0 Å². The third kappa shape index (κ3) is 3.07. The second-order valence-electron chi connectivity index (χ2n) is 3.79. The zero-order valence-corrected chi connectivity index (χ0v) is 7.67. The maximum atomic E-state index is 11.9. The number of alkyl halides is 1. The van der Waals surface area contributed by atoms with Crippen LogP contribution in [-0.2, 0) is 0 Å². The van der Waals surface area contributed by atoms with E-state index in [1.165, 1.54) is 12.8 Å². The number of nitrogens with zero attached hydrogens (tertiary/aromatic N) is 1. The molecule has 1 rings (SSSR count). The van der Waals surface area contributed by atoms with Gasteiger partial charge in [-0.05, 0) is 31.8 Å². The fourth-order valence-electron chi connectivity index (χ4n) is 1.59. The highest BCUT2D eigenvalue weighted by atomic mass is 19.1. The number of halogens is 1. The zero-order valence-electron chi connectivity index (χ0n) is 7.67. The van der Waals surface area contributed by atoms with Crippen LogP contribution in [0.4, 0.5) is 4.39 Å². The fourth-order valence-corrected chi connectivity index (χ4v) is 1.59. The molecule has 3 heteroatoms. The molecule has 0 bridgehead atoms. The summed E-state index contributed by atoms with van der Waals surface area (Å²) in [5.41, 5.74) is 0. The Balaban J connectivity index is 2.17. The first-order chi connectivity index (χ1) is 5.72. The van der Waals surface area contributed by atoms with Crippen molar-refractivity contribution in [2.75, 3.05) is 26.3 Å². The summed E-state index contributed by atoms with van der Waals surface area (Å²) < 4.78 is 11.9. The van der Waals surface area contributed by atoms with E-state index in [1.54, 1.807) is 0 Å². The van der Waals surface area contributed by atoms with Crippen LogP contribution < -0.4 is 0 Å². The molecule has 1 unspecified atom stereocenters. The van der Waals surface area contributed by atoms with Crippen LogP contribution in [0.25, 0.3) is 0 Å². The van der Waals surface area contributed by atoms with E-state index in [0.29, 0.717) is 6.54 Å². The molecule has 1 heterocycles.